The van der Waals surface area contributed by atoms with E-state index in [0.29, 0.717) is 21.8 Å². The van der Waals surface area contributed by atoms with Crippen LogP contribution < -0.4 is 0 Å². The Morgan fingerprint density at radius 2 is 2.00 bits per heavy atom. The van der Waals surface area contributed by atoms with Crippen LogP contribution >= 0.6 is 15.9 Å². The summed E-state index contributed by atoms with van der Waals surface area (Å²) in [4.78, 5) is 0.599. The van der Waals surface area contributed by atoms with Crippen molar-refractivity contribution >= 4 is 15.9 Å². The first-order chi connectivity index (χ1) is 7.82. The molecule has 1 spiro atoms. The number of rotatable bonds is 0. The standard InChI is InChI=1S/C15H23BrO/c1-10-5-6-11(16)13(2,3)15(10)8-7-14(4)12(9-15)17-14/h5,11-12H,6-9H2,1-4H3/t11-,12-,14-,15-/m1/s1. The van der Waals surface area contributed by atoms with E-state index in [9.17, 15) is 0 Å². The SMILES string of the molecule is CC1=CC[C@@H](Br)C(C)(C)[C@@]12CC[C@@]1(C)O[C@@H]1C2. The highest BCUT2D eigenvalue weighted by Gasteiger charge is 2.64. The first kappa shape index (κ1) is 12.2. The van der Waals surface area contributed by atoms with Gasteiger partial charge in [0.25, 0.3) is 0 Å². The summed E-state index contributed by atoms with van der Waals surface area (Å²) in [5.74, 6) is 0. The predicted octanol–water partition coefficient (Wildman–Crippen LogP) is 4.45. The molecule has 17 heavy (non-hydrogen) atoms. The van der Waals surface area contributed by atoms with E-state index in [1.807, 2.05) is 0 Å². The molecule has 1 saturated heterocycles. The fourth-order valence-electron chi connectivity index (χ4n) is 4.17. The van der Waals surface area contributed by atoms with Crippen molar-refractivity contribution in [2.75, 3.05) is 0 Å². The van der Waals surface area contributed by atoms with Crippen molar-refractivity contribution < 1.29 is 4.74 Å². The molecule has 0 radical (unpaired) electrons. The summed E-state index contributed by atoms with van der Waals surface area (Å²) in [7, 11) is 0. The van der Waals surface area contributed by atoms with Crippen LogP contribution in [0.2, 0.25) is 0 Å². The van der Waals surface area contributed by atoms with Crippen LogP contribution in [0.4, 0.5) is 0 Å². The first-order valence-corrected chi connectivity index (χ1v) is 7.73. The molecule has 1 nitrogen and oxygen atoms in total. The van der Waals surface area contributed by atoms with Gasteiger partial charge in [0.15, 0.2) is 0 Å². The molecule has 1 aliphatic heterocycles. The van der Waals surface area contributed by atoms with E-state index < -0.39 is 0 Å². The second kappa shape index (κ2) is 3.39. The summed E-state index contributed by atoms with van der Waals surface area (Å²) in [5, 5.41) is 0. The highest BCUT2D eigenvalue weighted by molar-refractivity contribution is 9.09. The molecule has 96 valence electrons. The second-order valence-electron chi connectivity index (χ2n) is 7.02. The van der Waals surface area contributed by atoms with Gasteiger partial charge in [0, 0.05) is 4.83 Å². The number of halogens is 1. The van der Waals surface area contributed by atoms with E-state index >= 15 is 0 Å². The van der Waals surface area contributed by atoms with Gasteiger partial charge in [-0.1, -0.05) is 41.4 Å². The summed E-state index contributed by atoms with van der Waals surface area (Å²) in [6.07, 6.45) is 7.88. The van der Waals surface area contributed by atoms with E-state index in [4.69, 9.17) is 4.74 Å². The maximum Gasteiger partial charge on any atom is 0.0921 e. The normalized spacial score (nSPS) is 51.9. The van der Waals surface area contributed by atoms with Crippen LogP contribution in [0, 0.1) is 10.8 Å². The number of ether oxygens (including phenoxy) is 1. The third-order valence-corrected chi connectivity index (χ3v) is 7.54. The molecule has 0 bridgehead atoms. The summed E-state index contributed by atoms with van der Waals surface area (Å²) in [6, 6.07) is 0. The molecule has 1 saturated carbocycles. The number of epoxide rings is 1. The zero-order valence-corrected chi connectivity index (χ0v) is 12.9. The largest absolute Gasteiger partial charge is 0.366 e. The zero-order chi connectivity index (χ0) is 12.5. The topological polar surface area (TPSA) is 12.5 Å². The van der Waals surface area contributed by atoms with Crippen LogP contribution in [0.25, 0.3) is 0 Å². The fourth-order valence-corrected chi connectivity index (χ4v) is 4.80. The van der Waals surface area contributed by atoms with E-state index in [1.165, 1.54) is 25.7 Å². The predicted molar refractivity (Wildman–Crippen MR) is 74.4 cm³/mol. The maximum absolute atomic E-state index is 5.93. The Kier molecular flexibility index (Phi) is 2.44. The van der Waals surface area contributed by atoms with Gasteiger partial charge in [-0.2, -0.15) is 0 Å². The van der Waals surface area contributed by atoms with Crippen LogP contribution in [0.1, 0.15) is 53.4 Å². The van der Waals surface area contributed by atoms with E-state index in [2.05, 4.69) is 49.7 Å². The summed E-state index contributed by atoms with van der Waals surface area (Å²) < 4.78 is 5.93. The lowest BCUT2D eigenvalue weighted by molar-refractivity contribution is 0.0558. The number of allylic oxidation sites excluding steroid dienone is 2. The van der Waals surface area contributed by atoms with E-state index in [-0.39, 0.29) is 5.60 Å². The minimum Gasteiger partial charge on any atom is -0.366 e. The van der Waals surface area contributed by atoms with Gasteiger partial charge in [-0.15, -0.1) is 0 Å². The minimum atomic E-state index is 0.223. The molecule has 0 aromatic rings. The molecular weight excluding hydrogens is 276 g/mol. The molecule has 2 heteroatoms. The van der Waals surface area contributed by atoms with Crippen LogP contribution in [-0.2, 0) is 4.74 Å². The minimum absolute atomic E-state index is 0.223. The van der Waals surface area contributed by atoms with Crippen molar-refractivity contribution in [3.8, 4) is 0 Å². The quantitative estimate of drug-likeness (QED) is 0.366. The van der Waals surface area contributed by atoms with Gasteiger partial charge in [-0.3, -0.25) is 0 Å². The van der Waals surface area contributed by atoms with Crippen LogP contribution in [0.15, 0.2) is 11.6 Å². The highest BCUT2D eigenvalue weighted by Crippen LogP contribution is 2.65. The molecule has 0 unspecified atom stereocenters. The van der Waals surface area contributed by atoms with Crippen LogP contribution in [0.3, 0.4) is 0 Å². The van der Waals surface area contributed by atoms with Crippen LogP contribution in [-0.4, -0.2) is 16.5 Å². The van der Waals surface area contributed by atoms with Crippen molar-refractivity contribution in [1.29, 1.82) is 0 Å². The molecule has 0 aromatic carbocycles. The molecule has 3 rings (SSSR count). The van der Waals surface area contributed by atoms with Gasteiger partial charge in [-0.05, 0) is 50.4 Å². The summed E-state index contributed by atoms with van der Waals surface area (Å²) >= 11 is 3.91. The van der Waals surface area contributed by atoms with Crippen LogP contribution in [0.5, 0.6) is 0 Å². The zero-order valence-electron chi connectivity index (χ0n) is 11.3. The first-order valence-electron chi connectivity index (χ1n) is 6.81. The Labute approximate surface area is 113 Å². The van der Waals surface area contributed by atoms with E-state index in [1.54, 1.807) is 5.57 Å². The molecule has 4 atom stereocenters. The Bertz CT molecular complexity index is 386. The van der Waals surface area contributed by atoms with Crippen molar-refractivity contribution in [3.63, 3.8) is 0 Å². The van der Waals surface area contributed by atoms with Crippen molar-refractivity contribution in [2.45, 2.75) is 69.9 Å². The van der Waals surface area contributed by atoms with Crippen molar-refractivity contribution in [1.82, 2.24) is 0 Å². The van der Waals surface area contributed by atoms with Crippen molar-refractivity contribution in [3.05, 3.63) is 11.6 Å². The highest BCUT2D eigenvalue weighted by atomic mass is 79.9. The molecule has 3 aliphatic rings. The molecule has 0 amide bonds. The smallest absolute Gasteiger partial charge is 0.0921 e. The summed E-state index contributed by atoms with van der Waals surface area (Å²) in [5.41, 5.74) is 2.52. The lowest BCUT2D eigenvalue weighted by Gasteiger charge is -2.55. The third-order valence-electron chi connectivity index (χ3n) is 6.02. The Hall–Kier alpha value is 0.180. The maximum atomic E-state index is 5.93. The van der Waals surface area contributed by atoms with Gasteiger partial charge in [0.05, 0.1) is 11.7 Å². The molecule has 2 fully saturated rings. The van der Waals surface area contributed by atoms with Gasteiger partial charge in [-0.25, -0.2) is 0 Å². The number of alkyl halides is 1. The second-order valence-corrected chi connectivity index (χ2v) is 8.12. The molecular formula is C15H23BrO. The molecule has 0 aromatic heterocycles. The Morgan fingerprint density at radius 3 is 2.65 bits per heavy atom. The van der Waals surface area contributed by atoms with Gasteiger partial charge in [0.1, 0.15) is 0 Å². The van der Waals surface area contributed by atoms with Crippen molar-refractivity contribution in [2.24, 2.45) is 10.8 Å². The van der Waals surface area contributed by atoms with Gasteiger partial charge >= 0.3 is 0 Å². The lowest BCUT2D eigenvalue weighted by atomic mass is 9.51. The third kappa shape index (κ3) is 1.46. The average Bonchev–Trinajstić information content (AvgIpc) is 2.93. The molecule has 2 aliphatic carbocycles. The Balaban J connectivity index is 1.99. The van der Waals surface area contributed by atoms with Gasteiger partial charge in [0.2, 0.25) is 0 Å². The molecule has 1 heterocycles. The monoisotopic (exact) mass is 298 g/mol. The Morgan fingerprint density at radius 1 is 1.29 bits per heavy atom. The van der Waals surface area contributed by atoms with E-state index in [0.717, 1.165) is 0 Å². The van der Waals surface area contributed by atoms with Gasteiger partial charge < -0.3 is 4.74 Å². The number of hydrogen-bond acceptors (Lipinski definition) is 1. The number of hydrogen-bond donors (Lipinski definition) is 0. The summed E-state index contributed by atoms with van der Waals surface area (Å²) in [6.45, 7) is 9.50. The average molecular weight is 299 g/mol. The number of fused-ring (bicyclic) bond motifs is 1. The molecule has 0 N–H and O–H groups in total. The fraction of sp³-hybridized carbons (Fsp3) is 0.867. The lowest BCUT2D eigenvalue weighted by Crippen LogP contribution is -2.50.